The highest BCUT2D eigenvalue weighted by Gasteiger charge is 1.92. The van der Waals surface area contributed by atoms with Gasteiger partial charge in [0.25, 0.3) is 0 Å². The van der Waals surface area contributed by atoms with E-state index in [4.69, 9.17) is 4.74 Å². The Bertz CT molecular complexity index is 553. The zero-order valence-electron chi connectivity index (χ0n) is 10.7. The second kappa shape index (κ2) is 5.93. The molecule has 0 fully saturated rings. The molecule has 0 saturated carbocycles. The highest BCUT2D eigenvalue weighted by molar-refractivity contribution is 5.37. The number of aryl methyl sites for hydroxylation is 1. The molecule has 0 heterocycles. The Kier molecular flexibility index (Phi) is 4.04. The van der Waals surface area contributed by atoms with Crippen LogP contribution in [0.2, 0.25) is 0 Å². The zero-order valence-corrected chi connectivity index (χ0v) is 10.7. The molecule has 0 radical (unpaired) electrons. The van der Waals surface area contributed by atoms with E-state index in [0.717, 1.165) is 17.7 Å². The van der Waals surface area contributed by atoms with Gasteiger partial charge in [-0.05, 0) is 36.8 Å². The van der Waals surface area contributed by atoms with Crippen LogP contribution in [0.25, 0.3) is 0 Å². The summed E-state index contributed by atoms with van der Waals surface area (Å²) in [6.45, 7) is 2.08. The second-order valence-electron chi connectivity index (χ2n) is 4.19. The zero-order chi connectivity index (χ0) is 12.8. The average Bonchev–Trinajstić information content (AvgIpc) is 2.42. The van der Waals surface area contributed by atoms with E-state index in [1.807, 2.05) is 24.3 Å². The van der Waals surface area contributed by atoms with E-state index in [9.17, 15) is 0 Å². The number of hydrogen-bond acceptors (Lipinski definition) is 1. The molecule has 2 rings (SSSR count). The summed E-state index contributed by atoms with van der Waals surface area (Å²) in [7, 11) is 1.67. The van der Waals surface area contributed by atoms with Crippen molar-refractivity contribution in [2.45, 2.75) is 13.3 Å². The van der Waals surface area contributed by atoms with Crippen molar-refractivity contribution in [3.8, 4) is 17.6 Å². The second-order valence-corrected chi connectivity index (χ2v) is 4.19. The first-order chi connectivity index (χ1) is 8.78. The summed E-state index contributed by atoms with van der Waals surface area (Å²) in [5, 5.41) is 0. The van der Waals surface area contributed by atoms with E-state index < -0.39 is 0 Å². The third kappa shape index (κ3) is 3.40. The van der Waals surface area contributed by atoms with Crippen molar-refractivity contribution in [2.24, 2.45) is 0 Å². The summed E-state index contributed by atoms with van der Waals surface area (Å²) in [6.07, 6.45) is 0.762. The summed E-state index contributed by atoms with van der Waals surface area (Å²) in [5.41, 5.74) is 3.53. The standard InChI is InChI=1S/C17H16O/c1-14-6-8-15(9-7-14)4-3-5-16-10-12-17(18-2)13-11-16/h6-13H,5H2,1-2H3. The molecule has 0 aliphatic rings. The first kappa shape index (κ1) is 12.3. The summed E-state index contributed by atoms with van der Waals surface area (Å²) in [6, 6.07) is 16.3. The lowest BCUT2D eigenvalue weighted by atomic mass is 10.1. The van der Waals surface area contributed by atoms with Crippen molar-refractivity contribution in [1.29, 1.82) is 0 Å². The minimum atomic E-state index is 0.762. The van der Waals surface area contributed by atoms with Crippen molar-refractivity contribution in [3.63, 3.8) is 0 Å². The number of benzene rings is 2. The Balaban J connectivity index is 2.00. The van der Waals surface area contributed by atoms with Gasteiger partial charge >= 0.3 is 0 Å². The van der Waals surface area contributed by atoms with Crippen LogP contribution in [0, 0.1) is 18.8 Å². The van der Waals surface area contributed by atoms with Crippen LogP contribution in [0.3, 0.4) is 0 Å². The number of hydrogen-bond donors (Lipinski definition) is 0. The van der Waals surface area contributed by atoms with E-state index in [2.05, 4.69) is 43.0 Å². The molecule has 90 valence electrons. The van der Waals surface area contributed by atoms with Crippen molar-refractivity contribution in [1.82, 2.24) is 0 Å². The maximum Gasteiger partial charge on any atom is 0.118 e. The van der Waals surface area contributed by atoms with Crippen molar-refractivity contribution in [2.75, 3.05) is 7.11 Å². The minimum absolute atomic E-state index is 0.762. The first-order valence-electron chi connectivity index (χ1n) is 5.96. The Morgan fingerprint density at radius 3 is 2.22 bits per heavy atom. The fourth-order valence-corrected chi connectivity index (χ4v) is 1.63. The normalized spacial score (nSPS) is 9.44. The van der Waals surface area contributed by atoms with Gasteiger partial charge in [-0.25, -0.2) is 0 Å². The molecule has 0 aliphatic heterocycles. The predicted molar refractivity (Wildman–Crippen MR) is 74.8 cm³/mol. The highest BCUT2D eigenvalue weighted by Crippen LogP contribution is 2.11. The molecule has 2 aromatic carbocycles. The molecule has 0 unspecified atom stereocenters. The monoisotopic (exact) mass is 236 g/mol. The molecule has 0 aromatic heterocycles. The Labute approximate surface area is 108 Å². The molecule has 0 amide bonds. The lowest BCUT2D eigenvalue weighted by Crippen LogP contribution is -1.85. The van der Waals surface area contributed by atoms with Crippen molar-refractivity contribution >= 4 is 0 Å². The lowest BCUT2D eigenvalue weighted by Gasteiger charge is -1.99. The summed E-state index contributed by atoms with van der Waals surface area (Å²) < 4.78 is 5.12. The number of methoxy groups -OCH3 is 1. The van der Waals surface area contributed by atoms with Crippen LogP contribution in [0.4, 0.5) is 0 Å². The van der Waals surface area contributed by atoms with Gasteiger partial charge in [0.05, 0.1) is 7.11 Å². The van der Waals surface area contributed by atoms with Gasteiger partial charge in [0.15, 0.2) is 0 Å². The van der Waals surface area contributed by atoms with Crippen LogP contribution in [-0.2, 0) is 6.42 Å². The maximum absolute atomic E-state index is 5.12. The molecule has 1 nitrogen and oxygen atoms in total. The molecule has 0 bridgehead atoms. The van der Waals surface area contributed by atoms with Crippen molar-refractivity contribution < 1.29 is 4.74 Å². The molecule has 1 heteroatoms. The van der Waals surface area contributed by atoms with Crippen LogP contribution in [0.1, 0.15) is 16.7 Å². The third-order valence-corrected chi connectivity index (χ3v) is 2.74. The van der Waals surface area contributed by atoms with Gasteiger partial charge in [-0.15, -0.1) is 0 Å². The van der Waals surface area contributed by atoms with Crippen LogP contribution in [0.15, 0.2) is 48.5 Å². The first-order valence-corrected chi connectivity index (χ1v) is 5.96. The smallest absolute Gasteiger partial charge is 0.118 e. The van der Waals surface area contributed by atoms with E-state index >= 15 is 0 Å². The Morgan fingerprint density at radius 1 is 0.944 bits per heavy atom. The van der Waals surface area contributed by atoms with Crippen LogP contribution in [-0.4, -0.2) is 7.11 Å². The molecule has 0 aliphatic carbocycles. The topological polar surface area (TPSA) is 9.23 Å². The molecular weight excluding hydrogens is 220 g/mol. The van der Waals surface area contributed by atoms with Gasteiger partial charge in [-0.3, -0.25) is 0 Å². The highest BCUT2D eigenvalue weighted by atomic mass is 16.5. The fourth-order valence-electron chi connectivity index (χ4n) is 1.63. The minimum Gasteiger partial charge on any atom is -0.497 e. The molecule has 18 heavy (non-hydrogen) atoms. The van der Waals surface area contributed by atoms with Crippen LogP contribution < -0.4 is 4.74 Å². The van der Waals surface area contributed by atoms with Crippen LogP contribution in [0.5, 0.6) is 5.75 Å². The van der Waals surface area contributed by atoms with Gasteiger partial charge in [-0.1, -0.05) is 41.7 Å². The average molecular weight is 236 g/mol. The maximum atomic E-state index is 5.12. The molecule has 0 saturated heterocycles. The summed E-state index contributed by atoms with van der Waals surface area (Å²) in [5.74, 6) is 7.23. The Hall–Kier alpha value is -2.20. The molecule has 0 atom stereocenters. The third-order valence-electron chi connectivity index (χ3n) is 2.74. The predicted octanol–water partition coefficient (Wildman–Crippen LogP) is 3.60. The molecular formula is C17H16O. The summed E-state index contributed by atoms with van der Waals surface area (Å²) in [4.78, 5) is 0. The van der Waals surface area contributed by atoms with E-state index in [1.165, 1.54) is 11.1 Å². The molecule has 0 N–H and O–H groups in total. The number of rotatable bonds is 2. The SMILES string of the molecule is COc1ccc(CC#Cc2ccc(C)cc2)cc1. The lowest BCUT2D eigenvalue weighted by molar-refractivity contribution is 0.414. The molecule has 2 aromatic rings. The van der Waals surface area contributed by atoms with Crippen molar-refractivity contribution in [3.05, 3.63) is 65.2 Å². The molecule has 0 spiro atoms. The van der Waals surface area contributed by atoms with Gasteiger partial charge in [0.2, 0.25) is 0 Å². The van der Waals surface area contributed by atoms with Gasteiger partial charge in [-0.2, -0.15) is 0 Å². The summed E-state index contributed by atoms with van der Waals surface area (Å²) >= 11 is 0. The quantitative estimate of drug-likeness (QED) is 0.724. The van der Waals surface area contributed by atoms with Gasteiger partial charge in [0.1, 0.15) is 5.75 Å². The van der Waals surface area contributed by atoms with E-state index in [1.54, 1.807) is 7.11 Å². The van der Waals surface area contributed by atoms with E-state index in [0.29, 0.717) is 0 Å². The number of ether oxygens (including phenoxy) is 1. The fraction of sp³-hybridized carbons (Fsp3) is 0.176. The van der Waals surface area contributed by atoms with E-state index in [-0.39, 0.29) is 0 Å². The largest absolute Gasteiger partial charge is 0.497 e. The van der Waals surface area contributed by atoms with Gasteiger partial charge in [0, 0.05) is 12.0 Å². The van der Waals surface area contributed by atoms with Crippen LogP contribution >= 0.6 is 0 Å². The van der Waals surface area contributed by atoms with Gasteiger partial charge < -0.3 is 4.74 Å². The Morgan fingerprint density at radius 2 is 1.61 bits per heavy atom.